The van der Waals surface area contributed by atoms with E-state index in [0.717, 1.165) is 21.3 Å². The fourth-order valence-electron chi connectivity index (χ4n) is 1.80. The van der Waals surface area contributed by atoms with Crippen molar-refractivity contribution in [2.75, 3.05) is 5.32 Å². The summed E-state index contributed by atoms with van der Waals surface area (Å²) in [5.74, 6) is 0. The van der Waals surface area contributed by atoms with Gasteiger partial charge in [-0.1, -0.05) is 28.1 Å². The number of nitro benzene ring substituents is 1. The van der Waals surface area contributed by atoms with Gasteiger partial charge >= 0.3 is 0 Å². The number of nitrogens with one attached hydrogen (secondary N) is 1. The molecule has 0 aliphatic heterocycles. The van der Waals surface area contributed by atoms with Gasteiger partial charge in [-0.25, -0.2) is 0 Å². The van der Waals surface area contributed by atoms with Crippen LogP contribution in [0, 0.1) is 17.0 Å². The van der Waals surface area contributed by atoms with E-state index in [2.05, 4.69) is 37.2 Å². The highest BCUT2D eigenvalue weighted by Crippen LogP contribution is 2.29. The van der Waals surface area contributed by atoms with Crippen molar-refractivity contribution in [3.05, 3.63) is 66.6 Å². The molecule has 0 aliphatic carbocycles. The minimum atomic E-state index is -0.392. The van der Waals surface area contributed by atoms with Gasteiger partial charge in [-0.05, 0) is 52.2 Å². The largest absolute Gasteiger partial charge is 0.381 e. The number of rotatable bonds is 4. The number of hydrogen-bond acceptors (Lipinski definition) is 3. The zero-order valence-electron chi connectivity index (χ0n) is 10.7. The van der Waals surface area contributed by atoms with Crippen molar-refractivity contribution in [2.24, 2.45) is 0 Å². The van der Waals surface area contributed by atoms with Crippen molar-refractivity contribution in [2.45, 2.75) is 13.5 Å². The van der Waals surface area contributed by atoms with Gasteiger partial charge in [0, 0.05) is 22.8 Å². The SMILES string of the molecule is Cc1cc(NCc2cccc([N+](=O)[O-])c2Br)ccc1Br. The molecule has 0 atom stereocenters. The molecular weight excluding hydrogens is 388 g/mol. The van der Waals surface area contributed by atoms with Crippen molar-refractivity contribution < 1.29 is 4.92 Å². The number of nitro groups is 1. The molecule has 0 unspecified atom stereocenters. The smallest absolute Gasteiger partial charge is 0.283 e. The Balaban J connectivity index is 2.17. The number of anilines is 1. The molecule has 1 N–H and O–H groups in total. The van der Waals surface area contributed by atoms with Crippen molar-refractivity contribution >= 4 is 43.2 Å². The second-order valence-corrected chi connectivity index (χ2v) is 5.97. The summed E-state index contributed by atoms with van der Waals surface area (Å²) in [5.41, 5.74) is 3.04. The Bertz CT molecular complexity index is 660. The maximum absolute atomic E-state index is 10.9. The summed E-state index contributed by atoms with van der Waals surface area (Å²) < 4.78 is 1.57. The van der Waals surface area contributed by atoms with Crippen LogP contribution in [0.5, 0.6) is 0 Å². The van der Waals surface area contributed by atoms with E-state index in [9.17, 15) is 10.1 Å². The van der Waals surface area contributed by atoms with E-state index >= 15 is 0 Å². The number of nitrogens with zero attached hydrogens (tertiary/aromatic N) is 1. The van der Waals surface area contributed by atoms with Gasteiger partial charge in [-0.15, -0.1) is 0 Å². The predicted molar refractivity (Wildman–Crippen MR) is 87.0 cm³/mol. The van der Waals surface area contributed by atoms with Gasteiger partial charge in [-0.3, -0.25) is 10.1 Å². The molecule has 104 valence electrons. The molecule has 0 saturated carbocycles. The molecule has 4 nitrogen and oxygen atoms in total. The summed E-state index contributed by atoms with van der Waals surface area (Å²) in [5, 5.41) is 14.1. The highest BCUT2D eigenvalue weighted by Gasteiger charge is 2.14. The van der Waals surface area contributed by atoms with Gasteiger partial charge in [-0.2, -0.15) is 0 Å². The number of hydrogen-bond donors (Lipinski definition) is 1. The molecule has 0 aromatic heterocycles. The van der Waals surface area contributed by atoms with Crippen LogP contribution >= 0.6 is 31.9 Å². The van der Waals surface area contributed by atoms with Gasteiger partial charge in [0.05, 0.1) is 4.92 Å². The topological polar surface area (TPSA) is 55.2 Å². The van der Waals surface area contributed by atoms with E-state index in [1.807, 2.05) is 31.2 Å². The first-order chi connectivity index (χ1) is 9.49. The second kappa shape index (κ2) is 6.37. The van der Waals surface area contributed by atoms with Crippen LogP contribution < -0.4 is 5.32 Å². The Morgan fingerprint density at radius 2 is 2.00 bits per heavy atom. The molecule has 0 aliphatic rings. The highest BCUT2D eigenvalue weighted by molar-refractivity contribution is 9.11. The normalized spacial score (nSPS) is 10.3. The van der Waals surface area contributed by atoms with Gasteiger partial charge in [0.2, 0.25) is 0 Å². The second-order valence-electron chi connectivity index (χ2n) is 4.32. The third kappa shape index (κ3) is 3.37. The molecule has 0 saturated heterocycles. The molecule has 2 aromatic carbocycles. The summed E-state index contributed by atoms with van der Waals surface area (Å²) in [7, 11) is 0. The van der Waals surface area contributed by atoms with E-state index in [0.29, 0.717) is 11.0 Å². The monoisotopic (exact) mass is 398 g/mol. The van der Waals surface area contributed by atoms with Gasteiger partial charge in [0.15, 0.2) is 0 Å². The van der Waals surface area contributed by atoms with Crippen LogP contribution in [0.4, 0.5) is 11.4 Å². The lowest BCUT2D eigenvalue weighted by Gasteiger charge is -2.09. The minimum Gasteiger partial charge on any atom is -0.381 e. The number of benzene rings is 2. The first-order valence-corrected chi connectivity index (χ1v) is 7.49. The first kappa shape index (κ1) is 15.0. The maximum Gasteiger partial charge on any atom is 0.283 e. The summed E-state index contributed by atoms with van der Waals surface area (Å²) in [4.78, 5) is 10.5. The molecule has 0 radical (unpaired) electrons. The lowest BCUT2D eigenvalue weighted by molar-refractivity contribution is -0.385. The molecule has 2 rings (SSSR count). The highest BCUT2D eigenvalue weighted by atomic mass is 79.9. The average Bonchev–Trinajstić information content (AvgIpc) is 2.41. The molecule has 20 heavy (non-hydrogen) atoms. The Morgan fingerprint density at radius 1 is 1.25 bits per heavy atom. The lowest BCUT2D eigenvalue weighted by atomic mass is 10.2. The summed E-state index contributed by atoms with van der Waals surface area (Å²) in [6, 6.07) is 11.0. The van der Waals surface area contributed by atoms with Crippen molar-refractivity contribution in [1.29, 1.82) is 0 Å². The van der Waals surface area contributed by atoms with Crippen LogP contribution in [0.25, 0.3) is 0 Å². The van der Waals surface area contributed by atoms with Gasteiger partial charge in [0.25, 0.3) is 5.69 Å². The Morgan fingerprint density at radius 3 is 2.65 bits per heavy atom. The predicted octanol–water partition coefficient (Wildman–Crippen LogP) is 5.04. The molecule has 0 heterocycles. The summed E-state index contributed by atoms with van der Waals surface area (Å²) >= 11 is 6.74. The van der Waals surface area contributed by atoms with Gasteiger partial charge < -0.3 is 5.32 Å². The first-order valence-electron chi connectivity index (χ1n) is 5.91. The lowest BCUT2D eigenvalue weighted by Crippen LogP contribution is -2.02. The van der Waals surface area contributed by atoms with Crippen LogP contribution in [0.2, 0.25) is 0 Å². The fraction of sp³-hybridized carbons (Fsp3) is 0.143. The van der Waals surface area contributed by atoms with Crippen LogP contribution in [0.3, 0.4) is 0 Å². The minimum absolute atomic E-state index is 0.0799. The number of halogens is 2. The van der Waals surface area contributed by atoms with E-state index < -0.39 is 4.92 Å². The Kier molecular flexibility index (Phi) is 4.77. The van der Waals surface area contributed by atoms with Crippen molar-refractivity contribution in [3.63, 3.8) is 0 Å². The third-order valence-electron chi connectivity index (χ3n) is 2.90. The average molecular weight is 400 g/mol. The molecule has 0 bridgehead atoms. The Hall–Kier alpha value is -1.40. The molecule has 0 spiro atoms. The van der Waals surface area contributed by atoms with E-state index in [1.165, 1.54) is 6.07 Å². The standard InChI is InChI=1S/C14H12Br2N2O2/c1-9-7-11(5-6-12(9)15)17-8-10-3-2-4-13(14(10)16)18(19)20/h2-7,17H,8H2,1H3. The Labute approximate surface area is 133 Å². The van der Waals surface area contributed by atoms with E-state index in [-0.39, 0.29) is 5.69 Å². The molecular formula is C14H12Br2N2O2. The molecule has 0 amide bonds. The zero-order chi connectivity index (χ0) is 14.7. The van der Waals surface area contributed by atoms with Crippen LogP contribution in [0.15, 0.2) is 45.3 Å². The van der Waals surface area contributed by atoms with Crippen LogP contribution in [-0.2, 0) is 6.54 Å². The number of aryl methyl sites for hydroxylation is 1. The van der Waals surface area contributed by atoms with Crippen LogP contribution in [-0.4, -0.2) is 4.92 Å². The maximum atomic E-state index is 10.9. The molecule has 0 fully saturated rings. The van der Waals surface area contributed by atoms with E-state index in [4.69, 9.17) is 0 Å². The summed E-state index contributed by atoms with van der Waals surface area (Å²) in [6.45, 7) is 2.53. The fourth-order valence-corrected chi connectivity index (χ4v) is 2.59. The summed E-state index contributed by atoms with van der Waals surface area (Å²) in [6.07, 6.45) is 0. The van der Waals surface area contributed by atoms with Crippen LogP contribution in [0.1, 0.15) is 11.1 Å². The van der Waals surface area contributed by atoms with Gasteiger partial charge in [0.1, 0.15) is 4.47 Å². The zero-order valence-corrected chi connectivity index (χ0v) is 13.9. The van der Waals surface area contributed by atoms with E-state index in [1.54, 1.807) is 6.07 Å². The van der Waals surface area contributed by atoms with Crippen molar-refractivity contribution in [3.8, 4) is 0 Å². The quantitative estimate of drug-likeness (QED) is 0.578. The molecule has 2 aromatic rings. The molecule has 6 heteroatoms. The third-order valence-corrected chi connectivity index (χ3v) is 4.70. The van der Waals surface area contributed by atoms with Crippen molar-refractivity contribution in [1.82, 2.24) is 0 Å².